The van der Waals surface area contributed by atoms with Crippen LogP contribution in [0.2, 0.25) is 0 Å². The molecular formula is C24H27FN4O4. The topological polar surface area (TPSA) is 94.5 Å². The van der Waals surface area contributed by atoms with Crippen molar-refractivity contribution in [3.63, 3.8) is 0 Å². The molecule has 9 heteroatoms. The number of halogens is 1. The molecule has 0 fully saturated rings. The second-order valence-electron chi connectivity index (χ2n) is 7.38. The summed E-state index contributed by atoms with van der Waals surface area (Å²) in [7, 11) is 3.25. The van der Waals surface area contributed by atoms with E-state index in [-0.39, 0.29) is 0 Å². The van der Waals surface area contributed by atoms with E-state index in [4.69, 9.17) is 9.47 Å². The number of hydrogen-bond donors (Lipinski definition) is 2. The van der Waals surface area contributed by atoms with Crippen LogP contribution in [-0.4, -0.2) is 35.1 Å². The molecule has 0 aliphatic carbocycles. The van der Waals surface area contributed by atoms with Crippen molar-refractivity contribution < 1.29 is 23.5 Å². The molecule has 1 aromatic heterocycles. The van der Waals surface area contributed by atoms with Gasteiger partial charge in [-0.05, 0) is 36.2 Å². The summed E-state index contributed by atoms with van der Waals surface area (Å²) in [6.07, 6.45) is 5.06. The molecule has 174 valence electrons. The van der Waals surface area contributed by atoms with Crippen molar-refractivity contribution in [1.29, 1.82) is 0 Å². The Kier molecular flexibility index (Phi) is 8.01. The van der Waals surface area contributed by atoms with Crippen LogP contribution in [-0.2, 0) is 16.6 Å². The lowest BCUT2D eigenvalue weighted by Crippen LogP contribution is -2.39. The van der Waals surface area contributed by atoms with Crippen molar-refractivity contribution in [2.45, 2.75) is 25.8 Å². The Balaban J connectivity index is 1.81. The van der Waals surface area contributed by atoms with Gasteiger partial charge in [-0.1, -0.05) is 25.5 Å². The number of hydrogen-bond acceptors (Lipinski definition) is 5. The highest BCUT2D eigenvalue weighted by Crippen LogP contribution is 2.29. The van der Waals surface area contributed by atoms with E-state index in [1.807, 2.05) is 6.92 Å². The number of aryl methyl sites for hydroxylation is 1. The van der Waals surface area contributed by atoms with Gasteiger partial charge in [-0.3, -0.25) is 9.59 Å². The normalized spacial score (nSPS) is 11.5. The zero-order valence-corrected chi connectivity index (χ0v) is 18.8. The maximum Gasteiger partial charge on any atom is 0.313 e. The van der Waals surface area contributed by atoms with Gasteiger partial charge in [0.2, 0.25) is 0 Å². The van der Waals surface area contributed by atoms with Crippen molar-refractivity contribution in [3.8, 4) is 11.5 Å². The Labute approximate surface area is 191 Å². The largest absolute Gasteiger partial charge is 0.497 e. The van der Waals surface area contributed by atoms with Gasteiger partial charge in [0.1, 0.15) is 29.2 Å². The predicted molar refractivity (Wildman–Crippen MR) is 122 cm³/mol. The Hall–Kier alpha value is -3.88. The number of imidazole rings is 1. The zero-order chi connectivity index (χ0) is 23.8. The van der Waals surface area contributed by atoms with Crippen LogP contribution in [0.1, 0.15) is 37.2 Å². The fourth-order valence-corrected chi connectivity index (χ4v) is 3.20. The number of nitrogens with zero attached hydrogens (tertiary/aromatic N) is 2. The molecule has 0 aliphatic rings. The second-order valence-corrected chi connectivity index (χ2v) is 7.38. The zero-order valence-electron chi connectivity index (χ0n) is 18.8. The number of benzene rings is 2. The van der Waals surface area contributed by atoms with Gasteiger partial charge in [0, 0.05) is 25.5 Å². The van der Waals surface area contributed by atoms with E-state index in [2.05, 4.69) is 15.6 Å². The summed E-state index contributed by atoms with van der Waals surface area (Å²) in [6.45, 7) is 2.51. The van der Waals surface area contributed by atoms with Crippen molar-refractivity contribution in [3.05, 3.63) is 72.1 Å². The minimum Gasteiger partial charge on any atom is -0.497 e. The maximum atomic E-state index is 13.9. The average Bonchev–Trinajstić information content (AvgIpc) is 3.23. The highest BCUT2D eigenvalue weighted by atomic mass is 19.1. The smallest absolute Gasteiger partial charge is 0.313 e. The molecule has 2 N–H and O–H groups in total. The van der Waals surface area contributed by atoms with Crippen LogP contribution in [0.25, 0.3) is 0 Å². The number of nitrogens with one attached hydrogen (secondary N) is 2. The van der Waals surface area contributed by atoms with Gasteiger partial charge < -0.3 is 24.7 Å². The van der Waals surface area contributed by atoms with E-state index < -0.39 is 23.7 Å². The lowest BCUT2D eigenvalue weighted by Gasteiger charge is -2.19. The van der Waals surface area contributed by atoms with Gasteiger partial charge in [-0.2, -0.15) is 0 Å². The van der Waals surface area contributed by atoms with Crippen molar-refractivity contribution in [2.24, 2.45) is 7.05 Å². The molecule has 8 nitrogen and oxygen atoms in total. The van der Waals surface area contributed by atoms with Gasteiger partial charge in [-0.15, -0.1) is 0 Å². The Bertz CT molecular complexity index is 1120. The molecular weight excluding hydrogens is 427 g/mol. The number of carbonyl (C=O) groups excluding carboxylic acids is 2. The summed E-state index contributed by atoms with van der Waals surface area (Å²) in [5.74, 6) is -0.897. The third kappa shape index (κ3) is 6.09. The molecule has 2 aromatic carbocycles. The van der Waals surface area contributed by atoms with Crippen molar-refractivity contribution in [2.75, 3.05) is 19.0 Å². The van der Waals surface area contributed by atoms with Gasteiger partial charge in [0.25, 0.3) is 0 Å². The third-order valence-electron chi connectivity index (χ3n) is 4.97. The number of aromatic nitrogens is 2. The first-order valence-corrected chi connectivity index (χ1v) is 10.6. The quantitative estimate of drug-likeness (QED) is 0.381. The monoisotopic (exact) mass is 454 g/mol. The van der Waals surface area contributed by atoms with Crippen LogP contribution in [0, 0.1) is 5.82 Å². The summed E-state index contributed by atoms with van der Waals surface area (Å²) in [6, 6.07) is 9.91. The Morgan fingerprint density at radius 3 is 2.67 bits per heavy atom. The molecule has 0 aliphatic heterocycles. The van der Waals surface area contributed by atoms with Gasteiger partial charge >= 0.3 is 11.8 Å². The van der Waals surface area contributed by atoms with Crippen molar-refractivity contribution in [1.82, 2.24) is 14.9 Å². The average molecular weight is 455 g/mol. The first-order valence-electron chi connectivity index (χ1n) is 10.6. The number of anilines is 1. The molecule has 1 unspecified atom stereocenters. The molecule has 0 bridgehead atoms. The fourth-order valence-electron chi connectivity index (χ4n) is 3.20. The number of amides is 2. The number of carbonyl (C=O) groups is 2. The summed E-state index contributed by atoms with van der Waals surface area (Å²) < 4.78 is 26.5. The van der Waals surface area contributed by atoms with Crippen LogP contribution < -0.4 is 20.1 Å². The SMILES string of the molecule is CCCCOc1ccc(OC)cc1NC(=O)C(=O)NC(c1cccc(F)c1)c1nccn1C. The standard InChI is InChI=1S/C24H27FN4O4/c1-4-5-13-33-20-10-9-18(32-3)15-19(20)27-23(30)24(31)28-21(22-26-11-12-29(22)2)16-7-6-8-17(25)14-16/h6-12,14-15,21H,4-5,13H2,1-3H3,(H,27,30)(H,28,31). The van der Waals surface area contributed by atoms with Gasteiger partial charge in [0.15, 0.2) is 0 Å². The van der Waals surface area contributed by atoms with Gasteiger partial charge in [0.05, 0.1) is 19.4 Å². The number of rotatable bonds is 9. The predicted octanol–water partition coefficient (Wildman–Crippen LogP) is 3.59. The molecule has 0 radical (unpaired) electrons. The molecule has 0 saturated carbocycles. The lowest BCUT2D eigenvalue weighted by atomic mass is 10.1. The van der Waals surface area contributed by atoms with E-state index >= 15 is 0 Å². The third-order valence-corrected chi connectivity index (χ3v) is 4.97. The molecule has 2 amide bonds. The molecule has 3 rings (SSSR count). The summed E-state index contributed by atoms with van der Waals surface area (Å²) in [5.41, 5.74) is 0.764. The van der Waals surface area contributed by atoms with Crippen LogP contribution in [0.5, 0.6) is 11.5 Å². The van der Waals surface area contributed by atoms with E-state index in [1.54, 1.807) is 48.3 Å². The number of unbranched alkanes of at least 4 members (excludes halogenated alkanes) is 1. The summed E-state index contributed by atoms with van der Waals surface area (Å²) in [5, 5.41) is 5.23. The van der Waals surface area contributed by atoms with Crippen LogP contribution >= 0.6 is 0 Å². The number of ether oxygens (including phenoxy) is 2. The Morgan fingerprint density at radius 1 is 1.18 bits per heavy atom. The molecule has 1 atom stereocenters. The lowest BCUT2D eigenvalue weighted by molar-refractivity contribution is -0.136. The van der Waals surface area contributed by atoms with E-state index in [0.717, 1.165) is 12.8 Å². The molecule has 1 heterocycles. The first kappa shape index (κ1) is 23.8. The van der Waals surface area contributed by atoms with Gasteiger partial charge in [-0.25, -0.2) is 9.37 Å². The molecule has 3 aromatic rings. The molecule has 0 spiro atoms. The fraction of sp³-hybridized carbons (Fsp3) is 0.292. The molecule has 33 heavy (non-hydrogen) atoms. The summed E-state index contributed by atoms with van der Waals surface area (Å²) >= 11 is 0. The van der Waals surface area contributed by atoms with E-state index in [0.29, 0.717) is 35.2 Å². The van der Waals surface area contributed by atoms with Crippen LogP contribution in [0.3, 0.4) is 0 Å². The molecule has 0 saturated heterocycles. The minimum atomic E-state index is -0.908. The van der Waals surface area contributed by atoms with E-state index in [1.165, 1.54) is 25.3 Å². The highest BCUT2D eigenvalue weighted by Gasteiger charge is 2.25. The second kappa shape index (κ2) is 11.1. The van der Waals surface area contributed by atoms with E-state index in [9.17, 15) is 14.0 Å². The maximum absolute atomic E-state index is 13.9. The number of methoxy groups -OCH3 is 1. The first-order chi connectivity index (χ1) is 15.9. The summed E-state index contributed by atoms with van der Waals surface area (Å²) in [4.78, 5) is 29.8. The van der Waals surface area contributed by atoms with Crippen LogP contribution in [0.4, 0.5) is 10.1 Å². The Morgan fingerprint density at radius 2 is 2.00 bits per heavy atom. The minimum absolute atomic E-state index is 0.310. The van der Waals surface area contributed by atoms with Crippen molar-refractivity contribution >= 4 is 17.5 Å². The van der Waals surface area contributed by atoms with Crippen LogP contribution in [0.15, 0.2) is 54.9 Å². The highest BCUT2D eigenvalue weighted by molar-refractivity contribution is 6.39.